The topological polar surface area (TPSA) is 87.1 Å². The van der Waals surface area contributed by atoms with Gasteiger partial charge in [-0.15, -0.1) is 5.10 Å². The highest BCUT2D eigenvalue weighted by Gasteiger charge is 2.08. The van der Waals surface area contributed by atoms with Crippen molar-refractivity contribution < 1.29 is 4.79 Å². The molecule has 1 aromatic carbocycles. The summed E-state index contributed by atoms with van der Waals surface area (Å²) in [6.07, 6.45) is 3.64. The van der Waals surface area contributed by atoms with E-state index in [9.17, 15) is 4.79 Å². The smallest absolute Gasteiger partial charge is 0.245 e. The largest absolute Gasteiger partial charge is 0.360 e. The monoisotopic (exact) mass is 332 g/mol. The molecule has 3 N–H and O–H groups in total. The van der Waals surface area contributed by atoms with E-state index in [1.807, 2.05) is 59.2 Å². The van der Waals surface area contributed by atoms with E-state index in [0.717, 1.165) is 22.6 Å². The van der Waals surface area contributed by atoms with Gasteiger partial charge in [0.2, 0.25) is 11.9 Å². The van der Waals surface area contributed by atoms with Crippen molar-refractivity contribution in [2.24, 2.45) is 0 Å². The Labute approximate surface area is 143 Å². The zero-order valence-corrected chi connectivity index (χ0v) is 13.5. The van der Waals surface area contributed by atoms with Crippen molar-refractivity contribution in [2.45, 2.75) is 6.92 Å². The molecule has 0 fully saturated rings. The Balaban J connectivity index is 1.66. The number of rotatable bonds is 4. The Bertz CT molecular complexity index is 1030. The number of carbonyl (C=O) groups is 1. The van der Waals surface area contributed by atoms with Crippen molar-refractivity contribution in [1.82, 2.24) is 19.6 Å². The molecule has 0 radical (unpaired) electrons. The molecule has 0 aliphatic heterocycles. The van der Waals surface area contributed by atoms with Crippen molar-refractivity contribution in [2.75, 3.05) is 10.6 Å². The lowest BCUT2D eigenvalue weighted by Gasteiger charge is -2.08. The van der Waals surface area contributed by atoms with Crippen LogP contribution in [-0.4, -0.2) is 25.5 Å². The normalized spacial score (nSPS) is 10.8. The molecule has 0 bridgehead atoms. The SMILES string of the molecule is CC(=O)Nc1cccc(Nc2ncc3ccc(-c4ccc[nH]4)n3n2)c1. The van der Waals surface area contributed by atoms with Gasteiger partial charge in [0.15, 0.2) is 0 Å². The summed E-state index contributed by atoms with van der Waals surface area (Å²) in [6, 6.07) is 15.3. The first-order chi connectivity index (χ1) is 12.2. The van der Waals surface area contributed by atoms with E-state index >= 15 is 0 Å². The van der Waals surface area contributed by atoms with Crippen LogP contribution in [0.4, 0.5) is 17.3 Å². The molecule has 0 unspecified atom stereocenters. The lowest BCUT2D eigenvalue weighted by molar-refractivity contribution is -0.114. The van der Waals surface area contributed by atoms with E-state index in [0.29, 0.717) is 11.6 Å². The maximum absolute atomic E-state index is 11.2. The molecule has 25 heavy (non-hydrogen) atoms. The van der Waals surface area contributed by atoms with E-state index in [2.05, 4.69) is 25.7 Å². The number of amides is 1. The second-order valence-electron chi connectivity index (χ2n) is 5.61. The van der Waals surface area contributed by atoms with Crippen LogP contribution in [0.2, 0.25) is 0 Å². The number of nitrogens with one attached hydrogen (secondary N) is 3. The summed E-state index contributed by atoms with van der Waals surface area (Å²) in [6.45, 7) is 1.48. The summed E-state index contributed by atoms with van der Waals surface area (Å²) in [5.74, 6) is 0.356. The fourth-order valence-corrected chi connectivity index (χ4v) is 2.66. The van der Waals surface area contributed by atoms with Crippen LogP contribution in [-0.2, 0) is 4.79 Å². The standard InChI is InChI=1S/C18H16N6O/c1-12(25)21-13-4-2-5-14(10-13)22-18-20-11-15-7-8-17(24(15)23-18)16-6-3-9-19-16/h2-11,19H,1H3,(H,21,25)(H,22,23). The number of hydrogen-bond acceptors (Lipinski definition) is 4. The zero-order chi connectivity index (χ0) is 17.2. The van der Waals surface area contributed by atoms with Gasteiger partial charge >= 0.3 is 0 Å². The molecule has 4 rings (SSSR count). The number of H-pyrrole nitrogens is 1. The quantitative estimate of drug-likeness (QED) is 0.534. The van der Waals surface area contributed by atoms with Crippen molar-refractivity contribution in [1.29, 1.82) is 0 Å². The van der Waals surface area contributed by atoms with Crippen LogP contribution in [0.3, 0.4) is 0 Å². The van der Waals surface area contributed by atoms with Crippen LogP contribution in [0.15, 0.2) is 60.9 Å². The predicted molar refractivity (Wildman–Crippen MR) is 96.8 cm³/mol. The first-order valence-corrected chi connectivity index (χ1v) is 7.82. The van der Waals surface area contributed by atoms with Crippen LogP contribution in [0.1, 0.15) is 6.92 Å². The van der Waals surface area contributed by atoms with Gasteiger partial charge in [0.25, 0.3) is 0 Å². The maximum Gasteiger partial charge on any atom is 0.245 e. The number of hydrogen-bond donors (Lipinski definition) is 3. The highest BCUT2D eigenvalue weighted by atomic mass is 16.1. The molecule has 4 aromatic rings. The molecule has 7 nitrogen and oxygen atoms in total. The van der Waals surface area contributed by atoms with Crippen molar-refractivity contribution >= 4 is 28.7 Å². The number of fused-ring (bicyclic) bond motifs is 1. The highest BCUT2D eigenvalue weighted by Crippen LogP contribution is 2.22. The van der Waals surface area contributed by atoms with Gasteiger partial charge < -0.3 is 15.6 Å². The lowest BCUT2D eigenvalue weighted by atomic mass is 10.3. The molecule has 0 aliphatic rings. The van der Waals surface area contributed by atoms with Crippen LogP contribution in [0.25, 0.3) is 16.9 Å². The van der Waals surface area contributed by atoms with Crippen molar-refractivity contribution in [3.63, 3.8) is 0 Å². The minimum atomic E-state index is -0.113. The van der Waals surface area contributed by atoms with E-state index in [1.165, 1.54) is 6.92 Å². The summed E-state index contributed by atoms with van der Waals surface area (Å²) in [5, 5.41) is 10.5. The first-order valence-electron chi connectivity index (χ1n) is 7.82. The van der Waals surface area contributed by atoms with E-state index < -0.39 is 0 Å². The van der Waals surface area contributed by atoms with Gasteiger partial charge in [-0.25, -0.2) is 9.50 Å². The van der Waals surface area contributed by atoms with Gasteiger partial charge in [0.1, 0.15) is 0 Å². The Morgan fingerprint density at radius 1 is 1.12 bits per heavy atom. The Hall–Kier alpha value is -3.61. The molecular formula is C18H16N6O. The second-order valence-corrected chi connectivity index (χ2v) is 5.61. The average Bonchev–Trinajstić information content (AvgIpc) is 3.23. The molecule has 0 spiro atoms. The molecule has 3 aromatic heterocycles. The Morgan fingerprint density at radius 3 is 2.80 bits per heavy atom. The van der Waals surface area contributed by atoms with Gasteiger partial charge in [-0.2, -0.15) is 0 Å². The summed E-state index contributed by atoms with van der Waals surface area (Å²) < 4.78 is 1.83. The molecule has 1 amide bonds. The second kappa shape index (κ2) is 6.12. The summed E-state index contributed by atoms with van der Waals surface area (Å²) in [4.78, 5) is 18.7. The molecular weight excluding hydrogens is 316 g/mol. The summed E-state index contributed by atoms with van der Waals surface area (Å²) >= 11 is 0. The molecule has 0 atom stereocenters. The third kappa shape index (κ3) is 3.07. The molecule has 0 aliphatic carbocycles. The number of aromatic amines is 1. The lowest BCUT2D eigenvalue weighted by Crippen LogP contribution is -2.06. The molecule has 3 heterocycles. The third-order valence-electron chi connectivity index (χ3n) is 3.71. The van der Waals surface area contributed by atoms with Crippen molar-refractivity contribution in [3.8, 4) is 11.4 Å². The van der Waals surface area contributed by atoms with Crippen molar-refractivity contribution in [3.05, 3.63) is 60.9 Å². The van der Waals surface area contributed by atoms with Crippen LogP contribution in [0.5, 0.6) is 0 Å². The Morgan fingerprint density at radius 2 is 2.00 bits per heavy atom. The van der Waals surface area contributed by atoms with E-state index in [-0.39, 0.29) is 5.91 Å². The number of benzene rings is 1. The number of aromatic nitrogens is 4. The van der Waals surface area contributed by atoms with Gasteiger partial charge in [-0.05, 0) is 42.5 Å². The highest BCUT2D eigenvalue weighted by molar-refractivity contribution is 5.89. The Kier molecular flexibility index (Phi) is 3.66. The maximum atomic E-state index is 11.2. The summed E-state index contributed by atoms with van der Waals surface area (Å²) in [5.41, 5.74) is 4.35. The van der Waals surface area contributed by atoms with Crippen LogP contribution < -0.4 is 10.6 Å². The fourth-order valence-electron chi connectivity index (χ4n) is 2.66. The zero-order valence-electron chi connectivity index (χ0n) is 13.5. The van der Waals surface area contributed by atoms with Gasteiger partial charge in [0.05, 0.1) is 23.1 Å². The molecule has 124 valence electrons. The van der Waals surface area contributed by atoms with Gasteiger partial charge in [-0.3, -0.25) is 4.79 Å². The van der Waals surface area contributed by atoms with E-state index in [4.69, 9.17) is 0 Å². The predicted octanol–water partition coefficient (Wildman–Crippen LogP) is 3.43. The first kappa shape index (κ1) is 14.9. The average molecular weight is 332 g/mol. The van der Waals surface area contributed by atoms with E-state index in [1.54, 1.807) is 6.20 Å². The summed E-state index contributed by atoms with van der Waals surface area (Å²) in [7, 11) is 0. The molecule has 7 heteroatoms. The van der Waals surface area contributed by atoms with Crippen LogP contribution >= 0.6 is 0 Å². The minimum absolute atomic E-state index is 0.113. The molecule has 0 saturated heterocycles. The van der Waals surface area contributed by atoms with Gasteiger partial charge in [-0.1, -0.05) is 6.07 Å². The minimum Gasteiger partial charge on any atom is -0.360 e. The number of anilines is 3. The fraction of sp³-hybridized carbons (Fsp3) is 0.0556. The number of carbonyl (C=O) groups excluding carboxylic acids is 1. The molecule has 0 saturated carbocycles. The van der Waals surface area contributed by atoms with Crippen LogP contribution in [0, 0.1) is 0 Å². The third-order valence-corrected chi connectivity index (χ3v) is 3.71. The van der Waals surface area contributed by atoms with Gasteiger partial charge in [0, 0.05) is 24.5 Å². The number of nitrogens with zero attached hydrogens (tertiary/aromatic N) is 3.